The number of nitrogens with two attached hydrogens (primary N) is 1. The summed E-state index contributed by atoms with van der Waals surface area (Å²) >= 11 is 6.17. The topological polar surface area (TPSA) is 43.8 Å². The first kappa shape index (κ1) is 11.2. The Kier molecular flexibility index (Phi) is 2.99. The van der Waals surface area contributed by atoms with Gasteiger partial charge in [0, 0.05) is 12.2 Å². The van der Waals surface area contributed by atoms with Crippen molar-refractivity contribution in [2.75, 3.05) is 0 Å². The van der Waals surface area contributed by atoms with E-state index in [0.717, 1.165) is 22.6 Å². The second kappa shape index (κ2) is 4.28. The van der Waals surface area contributed by atoms with E-state index < -0.39 is 0 Å². The van der Waals surface area contributed by atoms with Crippen molar-refractivity contribution in [3.05, 3.63) is 46.2 Å². The summed E-state index contributed by atoms with van der Waals surface area (Å²) in [5, 5.41) is 5.09. The van der Waals surface area contributed by atoms with E-state index in [9.17, 15) is 0 Å². The number of halogens is 1. The van der Waals surface area contributed by atoms with Crippen LogP contribution in [0, 0.1) is 13.8 Å². The highest BCUT2D eigenvalue weighted by Gasteiger charge is 2.08. The predicted octanol–water partition coefficient (Wildman–Crippen LogP) is 2.60. The Morgan fingerprint density at radius 3 is 2.62 bits per heavy atom. The summed E-state index contributed by atoms with van der Waals surface area (Å²) < 4.78 is 1.84. The Balaban J connectivity index is 2.58. The second-order valence-electron chi connectivity index (χ2n) is 3.83. The lowest BCUT2D eigenvalue weighted by Crippen LogP contribution is -2.03. The molecule has 2 rings (SSSR count). The molecule has 0 aliphatic heterocycles. The lowest BCUT2D eigenvalue weighted by molar-refractivity contribution is 0.831. The van der Waals surface area contributed by atoms with Crippen LogP contribution in [0.15, 0.2) is 24.3 Å². The van der Waals surface area contributed by atoms with Gasteiger partial charge in [0.05, 0.1) is 16.4 Å². The Hall–Kier alpha value is -1.32. The van der Waals surface area contributed by atoms with Crippen molar-refractivity contribution < 1.29 is 0 Å². The lowest BCUT2D eigenvalue weighted by atomic mass is 10.2. The first-order chi connectivity index (χ1) is 7.61. The molecule has 1 aromatic carbocycles. The zero-order valence-corrected chi connectivity index (χ0v) is 10.1. The van der Waals surface area contributed by atoms with Gasteiger partial charge in [-0.1, -0.05) is 17.7 Å². The summed E-state index contributed by atoms with van der Waals surface area (Å²) in [5.74, 6) is 0. The Labute approximate surface area is 99.8 Å². The van der Waals surface area contributed by atoms with Crippen LogP contribution < -0.4 is 5.73 Å². The van der Waals surface area contributed by atoms with Crippen LogP contribution in [0.25, 0.3) is 5.69 Å². The lowest BCUT2D eigenvalue weighted by Gasteiger charge is -2.08. The van der Waals surface area contributed by atoms with Crippen LogP contribution in [0.1, 0.15) is 17.0 Å². The van der Waals surface area contributed by atoms with Crippen molar-refractivity contribution in [1.82, 2.24) is 9.78 Å². The van der Waals surface area contributed by atoms with Gasteiger partial charge >= 0.3 is 0 Å². The first-order valence-corrected chi connectivity index (χ1v) is 5.51. The molecule has 84 valence electrons. The van der Waals surface area contributed by atoms with Crippen LogP contribution in [0.3, 0.4) is 0 Å². The zero-order chi connectivity index (χ0) is 11.7. The van der Waals surface area contributed by atoms with Gasteiger partial charge in [-0.2, -0.15) is 5.10 Å². The Morgan fingerprint density at radius 1 is 1.31 bits per heavy atom. The minimum Gasteiger partial charge on any atom is -0.326 e. The molecule has 0 amide bonds. The van der Waals surface area contributed by atoms with Crippen molar-refractivity contribution in [2.24, 2.45) is 5.73 Å². The van der Waals surface area contributed by atoms with Crippen molar-refractivity contribution >= 4 is 11.6 Å². The van der Waals surface area contributed by atoms with Crippen LogP contribution in [-0.4, -0.2) is 9.78 Å². The maximum absolute atomic E-state index is 6.17. The molecule has 2 aromatic rings. The van der Waals surface area contributed by atoms with Gasteiger partial charge in [-0.25, -0.2) is 4.68 Å². The number of benzene rings is 1. The van der Waals surface area contributed by atoms with E-state index in [2.05, 4.69) is 5.10 Å². The minimum absolute atomic E-state index is 0.503. The van der Waals surface area contributed by atoms with Gasteiger partial charge in [0.2, 0.25) is 0 Å². The molecule has 0 spiro atoms. The predicted molar refractivity (Wildman–Crippen MR) is 65.9 cm³/mol. The number of aromatic nitrogens is 2. The maximum atomic E-state index is 6.17. The smallest absolute Gasteiger partial charge is 0.0838 e. The van der Waals surface area contributed by atoms with Gasteiger partial charge in [0.15, 0.2) is 0 Å². The standard InChI is InChI=1S/C12H14ClN3/c1-8-5-9(2)16(15-8)12-6-10(7-14)3-4-11(12)13/h3-6H,7,14H2,1-2H3. The fourth-order valence-corrected chi connectivity index (χ4v) is 1.92. The summed E-state index contributed by atoms with van der Waals surface area (Å²) in [7, 11) is 0. The molecular formula is C12H14ClN3. The zero-order valence-electron chi connectivity index (χ0n) is 9.37. The summed E-state index contributed by atoms with van der Waals surface area (Å²) in [6.45, 7) is 4.47. The molecule has 1 heterocycles. The van der Waals surface area contributed by atoms with Crippen molar-refractivity contribution in [2.45, 2.75) is 20.4 Å². The molecule has 0 saturated carbocycles. The highest BCUT2D eigenvalue weighted by atomic mass is 35.5. The molecule has 4 heteroatoms. The normalized spacial score (nSPS) is 10.8. The van der Waals surface area contributed by atoms with Gasteiger partial charge in [-0.15, -0.1) is 0 Å². The molecule has 0 saturated heterocycles. The molecule has 3 nitrogen and oxygen atoms in total. The molecule has 16 heavy (non-hydrogen) atoms. The average molecular weight is 236 g/mol. The number of rotatable bonds is 2. The van der Waals surface area contributed by atoms with Gasteiger partial charge in [-0.3, -0.25) is 0 Å². The molecule has 0 bridgehead atoms. The Bertz CT molecular complexity index is 517. The minimum atomic E-state index is 0.503. The van der Waals surface area contributed by atoms with Gasteiger partial charge in [-0.05, 0) is 37.6 Å². The molecule has 0 unspecified atom stereocenters. The average Bonchev–Trinajstić information content (AvgIpc) is 2.58. The summed E-state index contributed by atoms with van der Waals surface area (Å²) in [6.07, 6.45) is 0. The highest BCUT2D eigenvalue weighted by molar-refractivity contribution is 6.32. The van der Waals surface area contributed by atoms with Gasteiger partial charge < -0.3 is 5.73 Å². The highest BCUT2D eigenvalue weighted by Crippen LogP contribution is 2.23. The van der Waals surface area contributed by atoms with Crippen LogP contribution in [-0.2, 0) is 6.54 Å². The molecule has 0 aliphatic carbocycles. The van der Waals surface area contributed by atoms with E-state index in [0.29, 0.717) is 11.6 Å². The van der Waals surface area contributed by atoms with Crippen molar-refractivity contribution in [3.63, 3.8) is 0 Å². The van der Waals surface area contributed by atoms with E-state index in [1.165, 1.54) is 0 Å². The Morgan fingerprint density at radius 2 is 2.06 bits per heavy atom. The van der Waals surface area contributed by atoms with Gasteiger partial charge in [0.25, 0.3) is 0 Å². The number of nitrogens with zero attached hydrogens (tertiary/aromatic N) is 2. The van der Waals surface area contributed by atoms with Crippen LogP contribution in [0.2, 0.25) is 5.02 Å². The monoisotopic (exact) mass is 235 g/mol. The third-order valence-electron chi connectivity index (χ3n) is 2.48. The molecule has 0 atom stereocenters. The molecular weight excluding hydrogens is 222 g/mol. The van der Waals surface area contributed by atoms with E-state index >= 15 is 0 Å². The van der Waals surface area contributed by atoms with E-state index in [1.54, 1.807) is 0 Å². The molecule has 2 N–H and O–H groups in total. The largest absolute Gasteiger partial charge is 0.326 e. The molecule has 0 aliphatic rings. The van der Waals surface area contributed by atoms with E-state index in [4.69, 9.17) is 17.3 Å². The molecule has 0 radical (unpaired) electrons. The van der Waals surface area contributed by atoms with Crippen LogP contribution in [0.4, 0.5) is 0 Å². The van der Waals surface area contributed by atoms with Crippen molar-refractivity contribution in [1.29, 1.82) is 0 Å². The van der Waals surface area contributed by atoms with E-state index in [1.807, 2.05) is 42.8 Å². The maximum Gasteiger partial charge on any atom is 0.0838 e. The van der Waals surface area contributed by atoms with Crippen molar-refractivity contribution in [3.8, 4) is 5.69 Å². The second-order valence-corrected chi connectivity index (χ2v) is 4.24. The van der Waals surface area contributed by atoms with E-state index in [-0.39, 0.29) is 0 Å². The molecule has 1 aromatic heterocycles. The fraction of sp³-hybridized carbons (Fsp3) is 0.250. The number of hydrogen-bond acceptors (Lipinski definition) is 2. The van der Waals surface area contributed by atoms with Crippen LogP contribution >= 0.6 is 11.6 Å². The number of hydrogen-bond donors (Lipinski definition) is 1. The van der Waals surface area contributed by atoms with Gasteiger partial charge in [0.1, 0.15) is 0 Å². The summed E-state index contributed by atoms with van der Waals surface area (Å²) in [5.41, 5.74) is 9.59. The fourth-order valence-electron chi connectivity index (χ4n) is 1.72. The first-order valence-electron chi connectivity index (χ1n) is 5.14. The SMILES string of the molecule is Cc1cc(C)n(-c2cc(CN)ccc2Cl)n1. The number of aryl methyl sites for hydroxylation is 2. The summed E-state index contributed by atoms with van der Waals surface area (Å²) in [4.78, 5) is 0. The summed E-state index contributed by atoms with van der Waals surface area (Å²) in [6, 6.07) is 7.78. The third-order valence-corrected chi connectivity index (χ3v) is 2.80. The third kappa shape index (κ3) is 1.96. The van der Waals surface area contributed by atoms with Crippen LogP contribution in [0.5, 0.6) is 0 Å². The quantitative estimate of drug-likeness (QED) is 0.870. The molecule has 0 fully saturated rings.